The Morgan fingerprint density at radius 1 is 1.25 bits per heavy atom. The molecule has 7 heteroatoms. The molecule has 1 aromatic heterocycles. The fourth-order valence-electron chi connectivity index (χ4n) is 3.37. The third kappa shape index (κ3) is 4.92. The quantitative estimate of drug-likeness (QED) is 0.860. The van der Waals surface area contributed by atoms with E-state index in [1.54, 1.807) is 25.2 Å². The van der Waals surface area contributed by atoms with Gasteiger partial charge in [-0.3, -0.25) is 14.5 Å². The summed E-state index contributed by atoms with van der Waals surface area (Å²) in [5.41, 5.74) is 1.88. The molecule has 7 nitrogen and oxygen atoms in total. The van der Waals surface area contributed by atoms with Gasteiger partial charge in [0.2, 0.25) is 5.91 Å². The number of anilines is 1. The van der Waals surface area contributed by atoms with E-state index in [4.69, 9.17) is 0 Å². The second-order valence-corrected chi connectivity index (χ2v) is 7.41. The monoisotopic (exact) mass is 381 g/mol. The lowest BCUT2D eigenvalue weighted by atomic mass is 9.97. The van der Waals surface area contributed by atoms with Gasteiger partial charge in [0.25, 0.3) is 5.91 Å². The largest absolute Gasteiger partial charge is 0.348 e. The van der Waals surface area contributed by atoms with Crippen LogP contribution in [0.4, 0.5) is 5.69 Å². The number of aryl methyl sites for hydroxylation is 1. The van der Waals surface area contributed by atoms with Gasteiger partial charge in [-0.25, -0.2) is 9.97 Å². The van der Waals surface area contributed by atoms with E-state index >= 15 is 0 Å². The molecular formula is C21H27N5O2. The fourth-order valence-corrected chi connectivity index (χ4v) is 3.37. The molecule has 1 aliphatic heterocycles. The van der Waals surface area contributed by atoms with Crippen molar-refractivity contribution in [3.8, 4) is 0 Å². The van der Waals surface area contributed by atoms with Crippen LogP contribution < -0.4 is 5.32 Å². The van der Waals surface area contributed by atoms with Gasteiger partial charge in [0, 0.05) is 38.4 Å². The number of likely N-dealkylation sites (tertiary alicyclic amines) is 1. The number of carbonyl (C=O) groups is 2. The standard InChI is InChI=1S/C21H27N5O2/c1-15-18(21(28)24-17-9-5-4-6-10-17)12-22-20(23-15)16-8-7-11-26(13-16)14-19(27)25(2)3/h4-6,9-10,12,16H,7-8,11,13-14H2,1-3H3,(H,24,28)/t16-/m1/s1. The number of carbonyl (C=O) groups excluding carboxylic acids is 2. The lowest BCUT2D eigenvalue weighted by Crippen LogP contribution is -2.42. The predicted octanol–water partition coefficient (Wildman–Crippen LogP) is 2.30. The molecule has 2 heterocycles. The van der Waals surface area contributed by atoms with Crippen LogP contribution in [0.2, 0.25) is 0 Å². The number of nitrogens with zero attached hydrogens (tertiary/aromatic N) is 4. The number of benzene rings is 1. The normalized spacial score (nSPS) is 17.2. The van der Waals surface area contributed by atoms with Crippen molar-refractivity contribution >= 4 is 17.5 Å². The van der Waals surface area contributed by atoms with Crippen LogP contribution in [0.3, 0.4) is 0 Å². The fraction of sp³-hybridized carbons (Fsp3) is 0.429. The number of amides is 2. The topological polar surface area (TPSA) is 78.4 Å². The number of likely N-dealkylation sites (N-methyl/N-ethyl adjacent to an activating group) is 1. The first-order chi connectivity index (χ1) is 13.4. The first-order valence-corrected chi connectivity index (χ1v) is 9.56. The average molecular weight is 381 g/mol. The van der Waals surface area contributed by atoms with E-state index in [0.29, 0.717) is 17.8 Å². The summed E-state index contributed by atoms with van der Waals surface area (Å²) in [4.78, 5) is 37.4. The Morgan fingerprint density at radius 3 is 2.68 bits per heavy atom. The summed E-state index contributed by atoms with van der Waals surface area (Å²) in [5, 5.41) is 2.87. The molecule has 1 fully saturated rings. The molecule has 1 aromatic carbocycles. The third-order valence-corrected chi connectivity index (χ3v) is 5.00. The lowest BCUT2D eigenvalue weighted by Gasteiger charge is -2.32. The van der Waals surface area contributed by atoms with Gasteiger partial charge in [0.15, 0.2) is 0 Å². The SMILES string of the molecule is Cc1nc([C@@H]2CCCN(CC(=O)N(C)C)C2)ncc1C(=O)Nc1ccccc1. The maximum absolute atomic E-state index is 12.5. The van der Waals surface area contributed by atoms with E-state index in [2.05, 4.69) is 20.2 Å². The van der Waals surface area contributed by atoms with Crippen molar-refractivity contribution in [1.29, 1.82) is 0 Å². The van der Waals surface area contributed by atoms with E-state index < -0.39 is 0 Å². The van der Waals surface area contributed by atoms with Crippen molar-refractivity contribution in [2.45, 2.75) is 25.7 Å². The zero-order chi connectivity index (χ0) is 20.1. The Hall–Kier alpha value is -2.80. The molecule has 148 valence electrons. The highest BCUT2D eigenvalue weighted by molar-refractivity contribution is 6.04. The minimum atomic E-state index is -0.211. The van der Waals surface area contributed by atoms with Crippen molar-refractivity contribution in [1.82, 2.24) is 19.8 Å². The molecule has 2 amide bonds. The first-order valence-electron chi connectivity index (χ1n) is 9.56. The average Bonchev–Trinajstić information content (AvgIpc) is 2.68. The van der Waals surface area contributed by atoms with E-state index in [1.807, 2.05) is 37.3 Å². The summed E-state index contributed by atoms with van der Waals surface area (Å²) in [6.07, 6.45) is 3.60. The molecule has 2 aromatic rings. The van der Waals surface area contributed by atoms with Gasteiger partial charge >= 0.3 is 0 Å². The zero-order valence-electron chi connectivity index (χ0n) is 16.7. The van der Waals surface area contributed by atoms with Crippen LogP contribution in [0.5, 0.6) is 0 Å². The first kappa shape index (κ1) is 19.9. The summed E-state index contributed by atoms with van der Waals surface area (Å²) in [5.74, 6) is 0.812. The van der Waals surface area contributed by atoms with Crippen LogP contribution in [0.25, 0.3) is 0 Å². The molecule has 28 heavy (non-hydrogen) atoms. The summed E-state index contributed by atoms with van der Waals surface area (Å²) >= 11 is 0. The van der Waals surface area contributed by atoms with E-state index in [-0.39, 0.29) is 17.7 Å². The molecule has 0 aliphatic carbocycles. The van der Waals surface area contributed by atoms with Crippen molar-refractivity contribution in [2.75, 3.05) is 39.0 Å². The summed E-state index contributed by atoms with van der Waals surface area (Å²) in [7, 11) is 3.55. The highest BCUT2D eigenvalue weighted by Gasteiger charge is 2.26. The molecule has 1 atom stereocenters. The Labute approximate surface area is 165 Å². The molecular weight excluding hydrogens is 354 g/mol. The molecule has 1 saturated heterocycles. The van der Waals surface area contributed by atoms with Gasteiger partial charge in [-0.2, -0.15) is 0 Å². The number of rotatable bonds is 5. The van der Waals surface area contributed by atoms with Crippen LogP contribution in [0.1, 0.15) is 40.6 Å². The Bertz CT molecular complexity index is 838. The van der Waals surface area contributed by atoms with Crippen molar-refractivity contribution in [2.24, 2.45) is 0 Å². The van der Waals surface area contributed by atoms with Crippen LogP contribution in [0, 0.1) is 6.92 Å². The molecule has 3 rings (SSSR count). The van der Waals surface area contributed by atoms with Gasteiger partial charge in [0.05, 0.1) is 17.8 Å². The van der Waals surface area contributed by atoms with Gasteiger partial charge in [-0.15, -0.1) is 0 Å². The van der Waals surface area contributed by atoms with Crippen molar-refractivity contribution in [3.63, 3.8) is 0 Å². The van der Waals surface area contributed by atoms with Crippen LogP contribution in [-0.2, 0) is 4.79 Å². The Kier molecular flexibility index (Phi) is 6.36. The van der Waals surface area contributed by atoms with Gasteiger partial charge in [0.1, 0.15) is 5.82 Å². The minimum Gasteiger partial charge on any atom is -0.348 e. The lowest BCUT2D eigenvalue weighted by molar-refractivity contribution is -0.130. The smallest absolute Gasteiger partial charge is 0.259 e. The molecule has 1 aliphatic rings. The molecule has 0 saturated carbocycles. The van der Waals surface area contributed by atoms with Gasteiger partial charge in [-0.05, 0) is 38.4 Å². The van der Waals surface area contributed by atoms with Gasteiger partial charge in [-0.1, -0.05) is 18.2 Å². The maximum atomic E-state index is 12.5. The van der Waals surface area contributed by atoms with Crippen molar-refractivity contribution in [3.05, 3.63) is 53.6 Å². The van der Waals surface area contributed by atoms with Crippen molar-refractivity contribution < 1.29 is 9.59 Å². The van der Waals surface area contributed by atoms with Crippen LogP contribution >= 0.6 is 0 Å². The number of para-hydroxylation sites is 1. The van der Waals surface area contributed by atoms with E-state index in [0.717, 1.165) is 37.4 Å². The number of hydrogen-bond acceptors (Lipinski definition) is 5. The summed E-state index contributed by atoms with van der Waals surface area (Å²) in [6, 6.07) is 9.33. The van der Waals surface area contributed by atoms with Gasteiger partial charge < -0.3 is 10.2 Å². The Balaban J connectivity index is 1.67. The van der Waals surface area contributed by atoms with E-state index in [1.165, 1.54) is 0 Å². The molecule has 0 unspecified atom stereocenters. The molecule has 1 N–H and O–H groups in total. The second kappa shape index (κ2) is 8.93. The van der Waals surface area contributed by atoms with Crippen LogP contribution in [0.15, 0.2) is 36.5 Å². The second-order valence-electron chi connectivity index (χ2n) is 7.41. The Morgan fingerprint density at radius 2 is 2.00 bits per heavy atom. The third-order valence-electron chi connectivity index (χ3n) is 5.00. The highest BCUT2D eigenvalue weighted by atomic mass is 16.2. The number of aromatic nitrogens is 2. The molecule has 0 bridgehead atoms. The number of piperidine rings is 1. The van der Waals surface area contributed by atoms with Crippen LogP contribution in [-0.4, -0.2) is 65.3 Å². The summed E-state index contributed by atoms with van der Waals surface area (Å²) < 4.78 is 0. The minimum absolute atomic E-state index is 0.102. The number of hydrogen-bond donors (Lipinski definition) is 1. The summed E-state index contributed by atoms with van der Waals surface area (Å²) in [6.45, 7) is 3.92. The highest BCUT2D eigenvalue weighted by Crippen LogP contribution is 2.25. The number of nitrogens with one attached hydrogen (secondary N) is 1. The van der Waals surface area contributed by atoms with E-state index in [9.17, 15) is 9.59 Å². The predicted molar refractivity (Wildman–Crippen MR) is 108 cm³/mol. The maximum Gasteiger partial charge on any atom is 0.259 e. The molecule has 0 radical (unpaired) electrons. The molecule has 0 spiro atoms. The zero-order valence-corrected chi connectivity index (χ0v) is 16.7.